The molecule has 0 unspecified atom stereocenters. The predicted molar refractivity (Wildman–Crippen MR) is 49.3 cm³/mol. The van der Waals surface area contributed by atoms with Crippen molar-refractivity contribution in [1.82, 2.24) is 0 Å². The molecule has 0 saturated carbocycles. The molecule has 0 aromatic carbocycles. The van der Waals surface area contributed by atoms with Gasteiger partial charge in [0.05, 0.1) is 0 Å². The van der Waals surface area contributed by atoms with E-state index in [2.05, 4.69) is 12.6 Å². The maximum atomic E-state index is 5.42. The molecule has 0 aromatic heterocycles. The highest BCUT2D eigenvalue weighted by molar-refractivity contribution is 7.80. The van der Waals surface area contributed by atoms with Crippen LogP contribution in [-0.2, 0) is 0 Å². The van der Waals surface area contributed by atoms with Crippen LogP contribution in [0, 0.1) is 5.92 Å². The molecule has 0 atom stereocenters. The minimum atomic E-state index is 0.701. The van der Waals surface area contributed by atoms with Crippen molar-refractivity contribution >= 4 is 12.6 Å². The zero-order chi connectivity index (χ0) is 7.82. The Morgan fingerprint density at radius 2 is 1.50 bits per heavy atom. The van der Waals surface area contributed by atoms with Crippen LogP contribution in [0.25, 0.3) is 0 Å². The van der Waals surface area contributed by atoms with E-state index in [9.17, 15) is 0 Å². The van der Waals surface area contributed by atoms with Crippen LogP contribution in [0.3, 0.4) is 0 Å². The number of rotatable bonds is 6. The molecule has 4 N–H and O–H groups in total. The fourth-order valence-electron chi connectivity index (χ4n) is 1.09. The first-order chi connectivity index (χ1) is 4.85. The lowest BCUT2D eigenvalue weighted by Crippen LogP contribution is -2.13. The van der Waals surface area contributed by atoms with Gasteiger partial charge in [-0.3, -0.25) is 0 Å². The highest BCUT2D eigenvalue weighted by Gasteiger charge is 2.04. The normalized spacial score (nSPS) is 10.8. The second kappa shape index (κ2) is 7.38. The lowest BCUT2D eigenvalue weighted by Gasteiger charge is -2.12. The summed E-state index contributed by atoms with van der Waals surface area (Å²) in [6.45, 7) is 1.55. The Morgan fingerprint density at radius 3 is 1.80 bits per heavy atom. The van der Waals surface area contributed by atoms with Crippen molar-refractivity contribution < 1.29 is 0 Å². The Kier molecular flexibility index (Phi) is 7.58. The molecule has 0 aliphatic heterocycles. The van der Waals surface area contributed by atoms with Crippen molar-refractivity contribution in [2.75, 3.05) is 18.8 Å². The van der Waals surface area contributed by atoms with Crippen LogP contribution in [0.5, 0.6) is 0 Å². The van der Waals surface area contributed by atoms with Crippen molar-refractivity contribution in [3.8, 4) is 0 Å². The van der Waals surface area contributed by atoms with E-state index in [1.165, 1.54) is 0 Å². The van der Waals surface area contributed by atoms with Crippen molar-refractivity contribution in [2.24, 2.45) is 17.4 Å². The largest absolute Gasteiger partial charge is 0.330 e. The molecule has 0 fully saturated rings. The molecule has 2 nitrogen and oxygen atoms in total. The van der Waals surface area contributed by atoms with Gasteiger partial charge < -0.3 is 11.5 Å². The summed E-state index contributed by atoms with van der Waals surface area (Å²) in [7, 11) is 0. The van der Waals surface area contributed by atoms with Crippen LogP contribution in [-0.4, -0.2) is 18.8 Å². The Bertz CT molecular complexity index is 54.4. The van der Waals surface area contributed by atoms with E-state index < -0.39 is 0 Å². The van der Waals surface area contributed by atoms with E-state index in [-0.39, 0.29) is 0 Å². The average Bonchev–Trinajstić information content (AvgIpc) is 1.90. The smallest absolute Gasteiger partial charge is 0.00746 e. The summed E-state index contributed by atoms with van der Waals surface area (Å²) >= 11 is 4.16. The summed E-state index contributed by atoms with van der Waals surface area (Å²) in [4.78, 5) is 0. The highest BCUT2D eigenvalue weighted by Crippen LogP contribution is 2.11. The zero-order valence-corrected chi connectivity index (χ0v) is 7.32. The molecule has 0 saturated heterocycles. The fourth-order valence-corrected chi connectivity index (χ4v) is 1.45. The monoisotopic (exact) mass is 162 g/mol. The van der Waals surface area contributed by atoms with E-state index in [0.29, 0.717) is 5.92 Å². The Labute approximate surface area is 68.8 Å². The summed E-state index contributed by atoms with van der Waals surface area (Å²) in [6, 6.07) is 0. The van der Waals surface area contributed by atoms with Gasteiger partial charge >= 0.3 is 0 Å². The molecular weight excluding hydrogens is 144 g/mol. The Morgan fingerprint density at radius 1 is 1.00 bits per heavy atom. The van der Waals surface area contributed by atoms with E-state index in [1.54, 1.807) is 0 Å². The second-order valence-corrected chi connectivity index (χ2v) is 2.98. The number of thiol groups is 1. The van der Waals surface area contributed by atoms with Gasteiger partial charge in [-0.25, -0.2) is 0 Å². The van der Waals surface area contributed by atoms with E-state index >= 15 is 0 Å². The topological polar surface area (TPSA) is 52.0 Å². The molecule has 0 aliphatic rings. The first-order valence-corrected chi connectivity index (χ1v) is 4.49. The molecule has 10 heavy (non-hydrogen) atoms. The Hall–Kier alpha value is 0.270. The summed E-state index contributed by atoms with van der Waals surface area (Å²) in [6.07, 6.45) is 3.34. The van der Waals surface area contributed by atoms with Crippen molar-refractivity contribution in [3.05, 3.63) is 0 Å². The van der Waals surface area contributed by atoms with Gasteiger partial charge in [0.15, 0.2) is 0 Å². The molecule has 0 heterocycles. The third-order valence-electron chi connectivity index (χ3n) is 1.69. The standard InChI is InChI=1S/C7H18N2S/c8-4-1-7(2-5-9)3-6-10/h7,10H,1-6,8-9H2. The molecule has 62 valence electrons. The molecule has 0 aromatic rings. The third kappa shape index (κ3) is 5.09. The maximum absolute atomic E-state index is 5.42. The van der Waals surface area contributed by atoms with Gasteiger partial charge in [0.25, 0.3) is 0 Å². The number of nitrogens with two attached hydrogens (primary N) is 2. The van der Waals surface area contributed by atoms with Crippen molar-refractivity contribution in [1.29, 1.82) is 0 Å². The van der Waals surface area contributed by atoms with Crippen LogP contribution >= 0.6 is 12.6 Å². The van der Waals surface area contributed by atoms with Gasteiger partial charge in [0, 0.05) is 0 Å². The first kappa shape index (κ1) is 10.3. The van der Waals surface area contributed by atoms with Crippen LogP contribution in [0.15, 0.2) is 0 Å². The molecule has 3 heteroatoms. The average molecular weight is 162 g/mol. The number of hydrogen-bond donors (Lipinski definition) is 3. The van der Waals surface area contributed by atoms with Gasteiger partial charge in [-0.05, 0) is 44.0 Å². The maximum Gasteiger partial charge on any atom is -0.00746 e. The molecule has 0 aliphatic carbocycles. The lowest BCUT2D eigenvalue weighted by atomic mass is 9.99. The minimum Gasteiger partial charge on any atom is -0.330 e. The zero-order valence-electron chi connectivity index (χ0n) is 6.42. The second-order valence-electron chi connectivity index (χ2n) is 2.53. The third-order valence-corrected chi connectivity index (χ3v) is 1.95. The fraction of sp³-hybridized carbons (Fsp3) is 1.00. The van der Waals surface area contributed by atoms with Crippen LogP contribution < -0.4 is 11.5 Å². The summed E-state index contributed by atoms with van der Waals surface area (Å²) in [5, 5.41) is 0. The lowest BCUT2D eigenvalue weighted by molar-refractivity contribution is 0.453. The van der Waals surface area contributed by atoms with E-state index in [4.69, 9.17) is 11.5 Å². The molecule has 0 bridgehead atoms. The van der Waals surface area contributed by atoms with E-state index in [1.807, 2.05) is 0 Å². The van der Waals surface area contributed by atoms with Gasteiger partial charge in [-0.2, -0.15) is 12.6 Å². The summed E-state index contributed by atoms with van der Waals surface area (Å²) < 4.78 is 0. The molecular formula is C7H18N2S. The van der Waals surface area contributed by atoms with Crippen LogP contribution in [0.4, 0.5) is 0 Å². The molecule has 0 amide bonds. The first-order valence-electron chi connectivity index (χ1n) is 3.86. The van der Waals surface area contributed by atoms with Gasteiger partial charge in [-0.15, -0.1) is 0 Å². The highest BCUT2D eigenvalue weighted by atomic mass is 32.1. The molecule has 0 spiro atoms. The summed E-state index contributed by atoms with van der Waals surface area (Å²) in [5.41, 5.74) is 10.8. The van der Waals surface area contributed by atoms with Crippen LogP contribution in [0.1, 0.15) is 19.3 Å². The van der Waals surface area contributed by atoms with E-state index in [0.717, 1.165) is 38.1 Å². The summed E-state index contributed by atoms with van der Waals surface area (Å²) in [5.74, 6) is 1.65. The van der Waals surface area contributed by atoms with Crippen molar-refractivity contribution in [2.45, 2.75) is 19.3 Å². The van der Waals surface area contributed by atoms with Crippen molar-refractivity contribution in [3.63, 3.8) is 0 Å². The molecule has 0 radical (unpaired) electrons. The minimum absolute atomic E-state index is 0.701. The van der Waals surface area contributed by atoms with Gasteiger partial charge in [0.1, 0.15) is 0 Å². The quantitative estimate of drug-likeness (QED) is 0.501. The predicted octanol–water partition coefficient (Wildman–Crippen LogP) is 0.620. The van der Waals surface area contributed by atoms with Gasteiger partial charge in [0.2, 0.25) is 0 Å². The van der Waals surface area contributed by atoms with Crippen LogP contribution in [0.2, 0.25) is 0 Å². The molecule has 0 rings (SSSR count). The number of hydrogen-bond acceptors (Lipinski definition) is 3. The van der Waals surface area contributed by atoms with Gasteiger partial charge in [-0.1, -0.05) is 0 Å². The Balaban J connectivity index is 3.30. The SMILES string of the molecule is NCCC(CCN)CCS.